The van der Waals surface area contributed by atoms with Crippen LogP contribution in [-0.4, -0.2) is 17.9 Å². The van der Waals surface area contributed by atoms with Gasteiger partial charge < -0.3 is 15.7 Å². The van der Waals surface area contributed by atoms with E-state index in [1.165, 1.54) is 6.21 Å². The van der Waals surface area contributed by atoms with Gasteiger partial charge in [0.2, 0.25) is 0 Å². The highest BCUT2D eigenvalue weighted by Gasteiger charge is 2.02. The van der Waals surface area contributed by atoms with Crippen LogP contribution in [0.2, 0.25) is 0 Å². The number of aliphatic hydroxyl groups excluding tert-OH is 1. The van der Waals surface area contributed by atoms with Gasteiger partial charge in [-0.05, 0) is 30.7 Å². The van der Waals surface area contributed by atoms with Crippen LogP contribution in [0.5, 0.6) is 5.75 Å². The molecule has 14 heavy (non-hydrogen) atoms. The lowest BCUT2D eigenvalue weighted by Crippen LogP contribution is -1.98. The van der Waals surface area contributed by atoms with Crippen molar-refractivity contribution in [2.45, 2.75) is 13.5 Å². The normalized spacial score (nSPS) is 10.7. The molecule has 76 valence electrons. The molecule has 0 saturated heterocycles. The van der Waals surface area contributed by atoms with E-state index < -0.39 is 0 Å². The minimum absolute atomic E-state index is 0.0540. The molecule has 1 rings (SSSR count). The second kappa shape index (κ2) is 5.24. The predicted molar refractivity (Wildman–Crippen MR) is 55.3 cm³/mol. The van der Waals surface area contributed by atoms with Crippen LogP contribution in [-0.2, 0) is 6.61 Å². The molecule has 1 aromatic rings. The van der Waals surface area contributed by atoms with Crippen LogP contribution in [0.25, 0.3) is 0 Å². The lowest BCUT2D eigenvalue weighted by atomic mass is 10.1. The molecular formula is C10H14N2O2. The second-order valence-corrected chi connectivity index (χ2v) is 2.74. The molecule has 4 nitrogen and oxygen atoms in total. The Bertz CT molecular complexity index is 324. The van der Waals surface area contributed by atoms with Gasteiger partial charge >= 0.3 is 0 Å². The summed E-state index contributed by atoms with van der Waals surface area (Å²) in [6.45, 7) is 2.43. The maximum Gasteiger partial charge on any atom is 0.124 e. The maximum absolute atomic E-state index is 9.08. The minimum atomic E-state index is -0.0540. The van der Waals surface area contributed by atoms with Gasteiger partial charge in [0.15, 0.2) is 0 Å². The molecule has 0 unspecified atom stereocenters. The van der Waals surface area contributed by atoms with Crippen LogP contribution in [0, 0.1) is 0 Å². The standard InChI is InChI=1S/C10H14N2O2/c1-2-14-10-4-3-8(6-12-11)5-9(10)7-13/h3-6,13H,2,7,11H2,1H3. The SMILES string of the molecule is CCOc1ccc(C=NN)cc1CO. The van der Waals surface area contributed by atoms with Crippen molar-refractivity contribution in [1.82, 2.24) is 0 Å². The fourth-order valence-corrected chi connectivity index (χ4v) is 1.19. The summed E-state index contributed by atoms with van der Waals surface area (Å²) in [5.74, 6) is 5.72. The third-order valence-corrected chi connectivity index (χ3v) is 1.78. The summed E-state index contributed by atoms with van der Waals surface area (Å²) in [5.41, 5.74) is 1.59. The summed E-state index contributed by atoms with van der Waals surface area (Å²) in [6.07, 6.45) is 1.52. The smallest absolute Gasteiger partial charge is 0.124 e. The molecule has 0 atom stereocenters. The Morgan fingerprint density at radius 3 is 2.93 bits per heavy atom. The highest BCUT2D eigenvalue weighted by Crippen LogP contribution is 2.19. The zero-order chi connectivity index (χ0) is 10.4. The van der Waals surface area contributed by atoms with Crippen molar-refractivity contribution in [2.24, 2.45) is 10.9 Å². The average Bonchev–Trinajstić information content (AvgIpc) is 2.21. The van der Waals surface area contributed by atoms with Crippen molar-refractivity contribution < 1.29 is 9.84 Å². The first-order valence-corrected chi connectivity index (χ1v) is 4.41. The Labute approximate surface area is 83.0 Å². The number of hydrogen-bond acceptors (Lipinski definition) is 4. The molecule has 0 amide bonds. The predicted octanol–water partition coefficient (Wildman–Crippen LogP) is 0.870. The number of rotatable bonds is 4. The molecule has 1 aromatic carbocycles. The molecule has 0 bridgehead atoms. The van der Waals surface area contributed by atoms with Crippen molar-refractivity contribution in [3.8, 4) is 5.75 Å². The van der Waals surface area contributed by atoms with Crippen LogP contribution >= 0.6 is 0 Å². The lowest BCUT2D eigenvalue weighted by Gasteiger charge is -2.08. The third-order valence-electron chi connectivity index (χ3n) is 1.78. The first-order valence-electron chi connectivity index (χ1n) is 4.41. The molecule has 4 heteroatoms. The van der Waals surface area contributed by atoms with E-state index in [-0.39, 0.29) is 6.61 Å². The Kier molecular flexibility index (Phi) is 3.94. The van der Waals surface area contributed by atoms with Gasteiger partial charge in [0.25, 0.3) is 0 Å². The minimum Gasteiger partial charge on any atom is -0.494 e. The Balaban J connectivity index is 2.98. The number of benzene rings is 1. The van der Waals surface area contributed by atoms with E-state index in [1.807, 2.05) is 13.0 Å². The van der Waals surface area contributed by atoms with Crippen LogP contribution in [0.1, 0.15) is 18.1 Å². The highest BCUT2D eigenvalue weighted by atomic mass is 16.5. The van der Waals surface area contributed by atoms with Crippen LogP contribution in [0.4, 0.5) is 0 Å². The lowest BCUT2D eigenvalue weighted by molar-refractivity contribution is 0.267. The second-order valence-electron chi connectivity index (χ2n) is 2.74. The quantitative estimate of drug-likeness (QED) is 0.424. The average molecular weight is 194 g/mol. The monoisotopic (exact) mass is 194 g/mol. The van der Waals surface area contributed by atoms with Gasteiger partial charge in [-0.3, -0.25) is 0 Å². The van der Waals surface area contributed by atoms with Gasteiger partial charge in [0, 0.05) is 5.56 Å². The Hall–Kier alpha value is -1.55. The number of nitrogens with two attached hydrogens (primary N) is 1. The Morgan fingerprint density at radius 2 is 2.36 bits per heavy atom. The first-order chi connectivity index (χ1) is 6.81. The van der Waals surface area contributed by atoms with Crippen molar-refractivity contribution in [1.29, 1.82) is 0 Å². The van der Waals surface area contributed by atoms with E-state index in [0.717, 1.165) is 11.1 Å². The van der Waals surface area contributed by atoms with E-state index >= 15 is 0 Å². The molecule has 0 saturated carbocycles. The first kappa shape index (κ1) is 10.5. The van der Waals surface area contributed by atoms with Crippen LogP contribution in [0.3, 0.4) is 0 Å². The summed E-state index contributed by atoms with van der Waals surface area (Å²) < 4.78 is 5.33. The molecule has 0 aliphatic rings. The summed E-state index contributed by atoms with van der Waals surface area (Å²) in [6, 6.07) is 5.42. The molecule has 0 spiro atoms. The highest BCUT2D eigenvalue weighted by molar-refractivity contribution is 5.80. The van der Waals surface area contributed by atoms with E-state index in [1.54, 1.807) is 12.1 Å². The fraction of sp³-hybridized carbons (Fsp3) is 0.300. The van der Waals surface area contributed by atoms with Crippen molar-refractivity contribution >= 4 is 6.21 Å². The van der Waals surface area contributed by atoms with Gasteiger partial charge in [-0.2, -0.15) is 5.10 Å². The number of ether oxygens (including phenoxy) is 1. The summed E-state index contributed by atoms with van der Waals surface area (Å²) in [7, 11) is 0. The van der Waals surface area contributed by atoms with Gasteiger partial charge in [0.1, 0.15) is 5.75 Å². The van der Waals surface area contributed by atoms with Gasteiger partial charge in [-0.1, -0.05) is 0 Å². The van der Waals surface area contributed by atoms with Crippen molar-refractivity contribution in [2.75, 3.05) is 6.61 Å². The van der Waals surface area contributed by atoms with E-state index in [0.29, 0.717) is 12.4 Å². The van der Waals surface area contributed by atoms with Gasteiger partial charge in [0.05, 0.1) is 19.4 Å². The number of aliphatic hydroxyl groups is 1. The van der Waals surface area contributed by atoms with Gasteiger partial charge in [-0.15, -0.1) is 0 Å². The molecule has 0 fully saturated rings. The van der Waals surface area contributed by atoms with Crippen molar-refractivity contribution in [3.05, 3.63) is 29.3 Å². The number of hydrazone groups is 1. The largest absolute Gasteiger partial charge is 0.494 e. The summed E-state index contributed by atoms with van der Waals surface area (Å²) >= 11 is 0. The third kappa shape index (κ3) is 2.47. The molecule has 0 aliphatic carbocycles. The molecule has 0 aromatic heterocycles. The Morgan fingerprint density at radius 1 is 1.57 bits per heavy atom. The van der Waals surface area contributed by atoms with Crippen LogP contribution < -0.4 is 10.6 Å². The summed E-state index contributed by atoms with van der Waals surface area (Å²) in [4.78, 5) is 0. The molecule has 0 aliphatic heterocycles. The zero-order valence-electron chi connectivity index (χ0n) is 8.10. The van der Waals surface area contributed by atoms with Gasteiger partial charge in [-0.25, -0.2) is 0 Å². The molecule has 3 N–H and O–H groups in total. The summed E-state index contributed by atoms with van der Waals surface area (Å²) in [5, 5.41) is 12.5. The molecule has 0 heterocycles. The number of hydrogen-bond donors (Lipinski definition) is 2. The van der Waals surface area contributed by atoms with E-state index in [2.05, 4.69) is 5.10 Å². The number of nitrogens with zero attached hydrogens (tertiary/aromatic N) is 1. The maximum atomic E-state index is 9.08. The fourth-order valence-electron chi connectivity index (χ4n) is 1.19. The molecule has 0 radical (unpaired) electrons. The topological polar surface area (TPSA) is 67.8 Å². The molecular weight excluding hydrogens is 180 g/mol. The zero-order valence-corrected chi connectivity index (χ0v) is 8.10. The van der Waals surface area contributed by atoms with Crippen molar-refractivity contribution in [3.63, 3.8) is 0 Å². The van der Waals surface area contributed by atoms with E-state index in [9.17, 15) is 0 Å². The van der Waals surface area contributed by atoms with Crippen LogP contribution in [0.15, 0.2) is 23.3 Å². The van der Waals surface area contributed by atoms with E-state index in [4.69, 9.17) is 15.7 Å².